The lowest BCUT2D eigenvalue weighted by Crippen LogP contribution is -2.39. The molecule has 2 aliphatic heterocycles. The molecule has 2 aliphatic rings. The van der Waals surface area contributed by atoms with E-state index in [0.717, 1.165) is 32.5 Å². The van der Waals surface area contributed by atoms with E-state index in [4.69, 9.17) is 4.74 Å². The molecule has 4 nitrogen and oxygen atoms in total. The van der Waals surface area contributed by atoms with Crippen molar-refractivity contribution in [2.75, 3.05) is 26.2 Å². The van der Waals surface area contributed by atoms with Crippen molar-refractivity contribution in [2.24, 2.45) is 5.92 Å². The molecule has 0 radical (unpaired) electrons. The summed E-state index contributed by atoms with van der Waals surface area (Å²) in [5.74, 6) is 0.984. The smallest absolute Gasteiger partial charge is 0.222 e. The minimum absolute atomic E-state index is 0.300. The van der Waals surface area contributed by atoms with E-state index in [1.807, 2.05) is 18.2 Å². The van der Waals surface area contributed by atoms with Gasteiger partial charge < -0.3 is 15.0 Å². The number of benzene rings is 1. The summed E-state index contributed by atoms with van der Waals surface area (Å²) in [6.07, 6.45) is 2.58. The molecule has 2 fully saturated rings. The highest BCUT2D eigenvalue weighted by Gasteiger charge is 2.39. The highest BCUT2D eigenvalue weighted by atomic mass is 16.5. The third kappa shape index (κ3) is 3.63. The zero-order valence-electron chi connectivity index (χ0n) is 12.5. The molecule has 114 valence electrons. The van der Waals surface area contributed by atoms with Crippen molar-refractivity contribution in [1.29, 1.82) is 0 Å². The number of rotatable bonds is 6. The summed E-state index contributed by atoms with van der Waals surface area (Å²) >= 11 is 0. The van der Waals surface area contributed by atoms with E-state index in [2.05, 4.69) is 22.3 Å². The van der Waals surface area contributed by atoms with Gasteiger partial charge in [-0.15, -0.1) is 0 Å². The van der Waals surface area contributed by atoms with E-state index >= 15 is 0 Å². The largest absolute Gasteiger partial charge is 0.377 e. The van der Waals surface area contributed by atoms with Gasteiger partial charge in [-0.2, -0.15) is 0 Å². The minimum Gasteiger partial charge on any atom is -0.377 e. The summed E-state index contributed by atoms with van der Waals surface area (Å²) < 4.78 is 5.64. The molecule has 2 saturated heterocycles. The number of hydrogen-bond acceptors (Lipinski definition) is 3. The normalized spacial score (nSPS) is 24.3. The van der Waals surface area contributed by atoms with Crippen LogP contribution in [0.3, 0.4) is 0 Å². The molecular formula is C17H24N2O2. The number of hydrogen-bond donors (Lipinski definition) is 1. The van der Waals surface area contributed by atoms with E-state index < -0.39 is 0 Å². The van der Waals surface area contributed by atoms with Crippen LogP contribution in [-0.2, 0) is 16.1 Å². The zero-order valence-corrected chi connectivity index (χ0v) is 12.5. The molecule has 21 heavy (non-hydrogen) atoms. The maximum absolute atomic E-state index is 12.3. The monoisotopic (exact) mass is 288 g/mol. The van der Waals surface area contributed by atoms with Gasteiger partial charge in [-0.25, -0.2) is 0 Å². The van der Waals surface area contributed by atoms with E-state index in [0.29, 0.717) is 37.5 Å². The van der Waals surface area contributed by atoms with Gasteiger partial charge in [-0.05, 0) is 24.3 Å². The van der Waals surface area contributed by atoms with Gasteiger partial charge in [0.25, 0.3) is 0 Å². The van der Waals surface area contributed by atoms with Gasteiger partial charge in [-0.1, -0.05) is 30.3 Å². The van der Waals surface area contributed by atoms with Crippen molar-refractivity contribution >= 4 is 5.91 Å². The minimum atomic E-state index is 0.300. The first-order chi connectivity index (χ1) is 10.3. The number of amides is 1. The summed E-state index contributed by atoms with van der Waals surface area (Å²) in [6.45, 7) is 4.28. The van der Waals surface area contributed by atoms with E-state index in [-0.39, 0.29) is 0 Å². The summed E-state index contributed by atoms with van der Waals surface area (Å²) in [5.41, 5.74) is 1.18. The van der Waals surface area contributed by atoms with Crippen molar-refractivity contribution in [3.63, 3.8) is 0 Å². The summed E-state index contributed by atoms with van der Waals surface area (Å²) in [6, 6.07) is 10.6. The molecular weight excluding hydrogens is 264 g/mol. The fourth-order valence-corrected chi connectivity index (χ4v) is 3.39. The van der Waals surface area contributed by atoms with Crippen LogP contribution >= 0.6 is 0 Å². The Bertz CT molecular complexity index is 463. The maximum atomic E-state index is 12.3. The molecule has 3 rings (SSSR count). The molecule has 0 aliphatic carbocycles. The Balaban J connectivity index is 1.33. The van der Waals surface area contributed by atoms with Crippen molar-refractivity contribution in [2.45, 2.75) is 31.9 Å². The van der Waals surface area contributed by atoms with Crippen LogP contribution in [0.25, 0.3) is 0 Å². The summed E-state index contributed by atoms with van der Waals surface area (Å²) in [7, 11) is 0. The Morgan fingerprint density at radius 2 is 2.14 bits per heavy atom. The molecule has 0 bridgehead atoms. The molecule has 1 amide bonds. The Hall–Kier alpha value is -1.39. The molecule has 1 N–H and O–H groups in total. The average molecular weight is 288 g/mol. The van der Waals surface area contributed by atoms with Crippen LogP contribution in [-0.4, -0.2) is 43.1 Å². The fourth-order valence-electron chi connectivity index (χ4n) is 3.39. The molecule has 2 atom stereocenters. The van der Waals surface area contributed by atoms with E-state index in [1.54, 1.807) is 0 Å². The topological polar surface area (TPSA) is 41.6 Å². The molecule has 0 aromatic heterocycles. The van der Waals surface area contributed by atoms with Crippen LogP contribution in [0.5, 0.6) is 0 Å². The molecule has 0 saturated carbocycles. The second-order valence-corrected chi connectivity index (χ2v) is 6.00. The lowest BCUT2D eigenvalue weighted by molar-refractivity contribution is -0.132. The molecule has 4 heteroatoms. The lowest BCUT2D eigenvalue weighted by Gasteiger charge is -2.23. The number of ether oxygens (including phenoxy) is 1. The second-order valence-electron chi connectivity index (χ2n) is 6.00. The van der Waals surface area contributed by atoms with Crippen molar-refractivity contribution in [3.05, 3.63) is 35.9 Å². The maximum Gasteiger partial charge on any atom is 0.222 e. The third-order valence-electron chi connectivity index (χ3n) is 4.56. The number of likely N-dealkylation sites (tertiary alicyclic amines) is 1. The molecule has 0 spiro atoms. The van der Waals surface area contributed by atoms with Crippen molar-refractivity contribution in [1.82, 2.24) is 10.2 Å². The Labute approximate surface area is 126 Å². The van der Waals surface area contributed by atoms with Gasteiger partial charge in [0.1, 0.15) is 0 Å². The predicted molar refractivity (Wildman–Crippen MR) is 81.8 cm³/mol. The summed E-state index contributed by atoms with van der Waals surface area (Å²) in [5, 5.41) is 3.39. The number of nitrogens with one attached hydrogen (secondary N) is 1. The lowest BCUT2D eigenvalue weighted by atomic mass is 10.1. The van der Waals surface area contributed by atoms with Crippen molar-refractivity contribution in [3.8, 4) is 0 Å². The Morgan fingerprint density at radius 3 is 3.00 bits per heavy atom. The first-order valence-electron chi connectivity index (χ1n) is 7.96. The number of carbonyl (C=O) groups excluding carboxylic acids is 1. The molecule has 0 unspecified atom stereocenters. The SMILES string of the molecule is O=C(CCCOCc1ccccc1)N1CC[C@@H]2CNC[C@@H]21. The van der Waals surface area contributed by atoms with Gasteiger partial charge in [0.2, 0.25) is 5.91 Å². The first kappa shape index (κ1) is 14.5. The van der Waals surface area contributed by atoms with E-state index in [9.17, 15) is 4.79 Å². The quantitative estimate of drug-likeness (QED) is 0.812. The fraction of sp³-hybridized carbons (Fsp3) is 0.588. The Morgan fingerprint density at radius 1 is 1.29 bits per heavy atom. The number of nitrogens with zero attached hydrogens (tertiary/aromatic N) is 1. The third-order valence-corrected chi connectivity index (χ3v) is 4.56. The standard InChI is InChI=1S/C17H24N2O2/c20-17(19-9-8-15-11-18-12-16(15)19)7-4-10-21-13-14-5-2-1-3-6-14/h1-3,5-6,15-16,18H,4,7-13H2/t15-,16+/m1/s1. The van der Waals surface area contributed by atoms with Crippen LogP contribution in [0, 0.1) is 5.92 Å². The van der Waals surface area contributed by atoms with Crippen LogP contribution in [0.2, 0.25) is 0 Å². The highest BCUT2D eigenvalue weighted by molar-refractivity contribution is 5.77. The highest BCUT2D eigenvalue weighted by Crippen LogP contribution is 2.27. The summed E-state index contributed by atoms with van der Waals surface area (Å²) in [4.78, 5) is 14.3. The van der Waals surface area contributed by atoms with E-state index in [1.165, 1.54) is 5.56 Å². The van der Waals surface area contributed by atoms with Crippen LogP contribution in [0.1, 0.15) is 24.8 Å². The van der Waals surface area contributed by atoms with Gasteiger partial charge >= 0.3 is 0 Å². The zero-order chi connectivity index (χ0) is 14.5. The predicted octanol–water partition coefficient (Wildman–Crippen LogP) is 1.80. The second kappa shape index (κ2) is 7.05. The van der Waals surface area contributed by atoms with Gasteiger partial charge in [0.05, 0.1) is 6.61 Å². The van der Waals surface area contributed by atoms with Crippen LogP contribution in [0.4, 0.5) is 0 Å². The van der Waals surface area contributed by atoms with Crippen LogP contribution in [0.15, 0.2) is 30.3 Å². The Kier molecular flexibility index (Phi) is 4.88. The van der Waals surface area contributed by atoms with Crippen LogP contribution < -0.4 is 5.32 Å². The van der Waals surface area contributed by atoms with Crippen molar-refractivity contribution < 1.29 is 9.53 Å². The van der Waals surface area contributed by atoms with Gasteiger partial charge in [0.15, 0.2) is 0 Å². The molecule has 1 aromatic rings. The first-order valence-corrected chi connectivity index (χ1v) is 7.96. The molecule has 1 aromatic carbocycles. The van der Waals surface area contributed by atoms with Gasteiger partial charge in [-0.3, -0.25) is 4.79 Å². The average Bonchev–Trinajstić information content (AvgIpc) is 3.10. The van der Waals surface area contributed by atoms with Gasteiger partial charge in [0, 0.05) is 38.7 Å². The molecule has 2 heterocycles. The number of fused-ring (bicyclic) bond motifs is 1. The number of carbonyl (C=O) groups is 1.